The van der Waals surface area contributed by atoms with Crippen molar-refractivity contribution in [3.8, 4) is 11.5 Å². The van der Waals surface area contributed by atoms with Gasteiger partial charge in [-0.25, -0.2) is 4.79 Å². The molecule has 0 radical (unpaired) electrons. The summed E-state index contributed by atoms with van der Waals surface area (Å²) in [5.41, 5.74) is 3.37. The molecule has 5 heteroatoms. The van der Waals surface area contributed by atoms with Gasteiger partial charge in [-0.3, -0.25) is 5.01 Å². The molecule has 2 aromatic carbocycles. The van der Waals surface area contributed by atoms with E-state index in [-0.39, 0.29) is 12.5 Å². The van der Waals surface area contributed by atoms with E-state index >= 15 is 0 Å². The minimum Gasteiger partial charge on any atom is -0.457 e. The Morgan fingerprint density at radius 1 is 1.00 bits per heavy atom. The average molecular weight is 256 g/mol. The van der Waals surface area contributed by atoms with Crippen molar-refractivity contribution in [2.45, 2.75) is 0 Å². The van der Waals surface area contributed by atoms with Crippen molar-refractivity contribution in [3.63, 3.8) is 0 Å². The lowest BCUT2D eigenvalue weighted by molar-refractivity contribution is -0.141. The van der Waals surface area contributed by atoms with Gasteiger partial charge in [-0.2, -0.15) is 0 Å². The molecule has 0 spiro atoms. The number of rotatable bonds is 3. The smallest absolute Gasteiger partial charge is 0.347 e. The van der Waals surface area contributed by atoms with Gasteiger partial charge in [-0.05, 0) is 36.4 Å². The number of hydrogen-bond acceptors (Lipinski definition) is 5. The number of hydrazine groups is 1. The number of hydrogen-bond donors (Lipinski definition) is 1. The van der Waals surface area contributed by atoms with Crippen LogP contribution in [0.5, 0.6) is 11.5 Å². The van der Waals surface area contributed by atoms with Gasteiger partial charge in [0.25, 0.3) is 0 Å². The summed E-state index contributed by atoms with van der Waals surface area (Å²) in [6, 6.07) is 16.9. The number of ether oxygens (including phenoxy) is 1. The highest BCUT2D eigenvalue weighted by molar-refractivity contribution is 5.77. The zero-order valence-electron chi connectivity index (χ0n) is 10.1. The largest absolute Gasteiger partial charge is 0.457 e. The van der Waals surface area contributed by atoms with Crippen LogP contribution < -0.4 is 15.3 Å². The fraction of sp³-hybridized carbons (Fsp3) is 0.0714. The van der Waals surface area contributed by atoms with Gasteiger partial charge in [0.05, 0.1) is 5.69 Å². The molecule has 1 N–H and O–H groups in total. The van der Waals surface area contributed by atoms with E-state index in [9.17, 15) is 4.79 Å². The lowest BCUT2D eigenvalue weighted by Gasteiger charge is -2.14. The van der Waals surface area contributed by atoms with Crippen molar-refractivity contribution in [3.05, 3.63) is 54.6 Å². The molecule has 0 bridgehead atoms. The first-order chi connectivity index (χ1) is 9.31. The molecule has 0 amide bonds. The van der Waals surface area contributed by atoms with E-state index in [1.54, 1.807) is 5.01 Å². The van der Waals surface area contributed by atoms with Gasteiger partial charge in [0.2, 0.25) is 0 Å². The van der Waals surface area contributed by atoms with Crippen LogP contribution in [-0.4, -0.2) is 12.5 Å². The summed E-state index contributed by atoms with van der Waals surface area (Å²) in [6.45, 7) is 0.193. The van der Waals surface area contributed by atoms with E-state index in [0.717, 1.165) is 17.2 Å². The van der Waals surface area contributed by atoms with Gasteiger partial charge in [-0.15, -0.1) is 0 Å². The highest BCUT2D eigenvalue weighted by Gasteiger charge is 2.20. The number of nitrogens with zero attached hydrogens (tertiary/aromatic N) is 1. The van der Waals surface area contributed by atoms with Crippen LogP contribution in [0.4, 0.5) is 5.69 Å². The first-order valence-electron chi connectivity index (χ1n) is 5.87. The molecule has 0 atom stereocenters. The van der Waals surface area contributed by atoms with Crippen molar-refractivity contribution in [2.24, 2.45) is 0 Å². The van der Waals surface area contributed by atoms with E-state index in [1.165, 1.54) is 0 Å². The summed E-state index contributed by atoms with van der Waals surface area (Å²) in [4.78, 5) is 15.6. The van der Waals surface area contributed by atoms with Gasteiger partial charge in [0.15, 0.2) is 0 Å². The number of carbonyl (C=O) groups is 1. The second-order valence-electron chi connectivity index (χ2n) is 4.06. The normalized spacial score (nSPS) is 14.3. The van der Waals surface area contributed by atoms with Gasteiger partial charge in [-0.1, -0.05) is 23.8 Å². The van der Waals surface area contributed by atoms with E-state index < -0.39 is 0 Å². The topological polar surface area (TPSA) is 50.8 Å². The van der Waals surface area contributed by atoms with Crippen molar-refractivity contribution in [1.29, 1.82) is 0 Å². The number of anilines is 1. The van der Waals surface area contributed by atoms with Crippen LogP contribution in [0.2, 0.25) is 0 Å². The van der Waals surface area contributed by atoms with Gasteiger partial charge >= 0.3 is 5.97 Å². The fourth-order valence-electron chi connectivity index (χ4n) is 1.76. The quantitative estimate of drug-likeness (QED) is 0.912. The molecule has 1 fully saturated rings. The number of benzene rings is 2. The minimum atomic E-state index is -0.301. The minimum absolute atomic E-state index is 0.193. The van der Waals surface area contributed by atoms with Gasteiger partial charge in [0, 0.05) is 0 Å². The molecule has 5 nitrogen and oxygen atoms in total. The molecule has 1 heterocycles. The van der Waals surface area contributed by atoms with Gasteiger partial charge in [0.1, 0.15) is 18.0 Å². The first kappa shape index (κ1) is 11.6. The Balaban J connectivity index is 1.71. The van der Waals surface area contributed by atoms with E-state index in [1.807, 2.05) is 54.6 Å². The molecule has 0 aliphatic carbocycles. The molecule has 0 unspecified atom stereocenters. The summed E-state index contributed by atoms with van der Waals surface area (Å²) in [5.74, 6) is 1.22. The molecular formula is C14H12N2O3. The molecule has 96 valence electrons. The molecule has 1 aliphatic rings. The van der Waals surface area contributed by atoms with Crippen LogP contribution in [0.1, 0.15) is 0 Å². The third-order valence-corrected chi connectivity index (χ3v) is 2.68. The SMILES string of the molecule is O=C1CN(c2ccc(Oc3ccccc3)cc2)NO1. The summed E-state index contributed by atoms with van der Waals surface area (Å²) in [6.07, 6.45) is 0. The Kier molecular flexibility index (Phi) is 3.04. The maximum absolute atomic E-state index is 11.0. The standard InChI is InChI=1S/C14H12N2O3/c17-14-10-16(15-19-14)11-6-8-13(9-7-11)18-12-4-2-1-3-5-12/h1-9,15H,10H2. The van der Waals surface area contributed by atoms with E-state index in [4.69, 9.17) is 4.74 Å². The average Bonchev–Trinajstić information content (AvgIpc) is 2.87. The van der Waals surface area contributed by atoms with Gasteiger partial charge < -0.3 is 9.57 Å². The summed E-state index contributed by atoms with van der Waals surface area (Å²) in [5, 5.41) is 1.62. The van der Waals surface area contributed by atoms with Crippen molar-refractivity contribution in [2.75, 3.05) is 11.6 Å². The Morgan fingerprint density at radius 2 is 1.68 bits per heavy atom. The summed E-state index contributed by atoms with van der Waals surface area (Å²) in [7, 11) is 0. The zero-order chi connectivity index (χ0) is 13.1. The summed E-state index contributed by atoms with van der Waals surface area (Å²) < 4.78 is 5.68. The van der Waals surface area contributed by atoms with Crippen molar-refractivity contribution in [1.82, 2.24) is 5.59 Å². The maximum atomic E-state index is 11.0. The Labute approximate surface area is 110 Å². The molecule has 3 rings (SSSR count). The lowest BCUT2D eigenvalue weighted by Crippen LogP contribution is -2.29. The molecule has 1 aliphatic heterocycles. The molecule has 0 saturated carbocycles. The third-order valence-electron chi connectivity index (χ3n) is 2.68. The Hall–Kier alpha value is -2.53. The van der Waals surface area contributed by atoms with Crippen LogP contribution >= 0.6 is 0 Å². The van der Waals surface area contributed by atoms with E-state index in [0.29, 0.717) is 0 Å². The molecule has 2 aromatic rings. The Bertz CT molecular complexity index is 569. The second kappa shape index (κ2) is 4.99. The predicted molar refractivity (Wildman–Crippen MR) is 69.5 cm³/mol. The van der Waals surface area contributed by atoms with Crippen molar-refractivity contribution >= 4 is 11.7 Å². The van der Waals surface area contributed by atoms with Crippen LogP contribution in [-0.2, 0) is 9.63 Å². The van der Waals surface area contributed by atoms with Crippen LogP contribution in [0.3, 0.4) is 0 Å². The maximum Gasteiger partial charge on any atom is 0.347 e. The number of nitrogens with one attached hydrogen (secondary N) is 1. The van der Waals surface area contributed by atoms with E-state index in [2.05, 4.69) is 10.4 Å². The third kappa shape index (κ3) is 2.66. The highest BCUT2D eigenvalue weighted by atomic mass is 16.7. The Morgan fingerprint density at radius 3 is 2.32 bits per heavy atom. The monoisotopic (exact) mass is 256 g/mol. The molecule has 1 saturated heterocycles. The van der Waals surface area contributed by atoms with Crippen LogP contribution in [0.15, 0.2) is 54.6 Å². The van der Waals surface area contributed by atoms with Crippen LogP contribution in [0, 0.1) is 0 Å². The predicted octanol–water partition coefficient (Wildman–Crippen LogP) is 2.26. The first-order valence-corrected chi connectivity index (χ1v) is 5.87. The lowest BCUT2D eigenvalue weighted by atomic mass is 10.3. The molecule has 19 heavy (non-hydrogen) atoms. The number of para-hydroxylation sites is 1. The van der Waals surface area contributed by atoms with Crippen molar-refractivity contribution < 1.29 is 14.4 Å². The second-order valence-corrected chi connectivity index (χ2v) is 4.06. The highest BCUT2D eigenvalue weighted by Crippen LogP contribution is 2.24. The zero-order valence-corrected chi connectivity index (χ0v) is 10.1. The fourth-order valence-corrected chi connectivity index (χ4v) is 1.76. The molecular weight excluding hydrogens is 244 g/mol. The summed E-state index contributed by atoms with van der Waals surface area (Å²) >= 11 is 0. The molecule has 0 aromatic heterocycles. The van der Waals surface area contributed by atoms with Crippen LogP contribution in [0.25, 0.3) is 0 Å². The number of carbonyl (C=O) groups excluding carboxylic acids is 1.